The van der Waals surface area contributed by atoms with Crippen LogP contribution in [0.4, 0.5) is 4.79 Å². The molecule has 0 radical (unpaired) electrons. The number of carbonyl (C=O) groups excluding carboxylic acids is 1. The Hall–Kier alpha value is -2.55. The molecule has 0 aliphatic heterocycles. The average Bonchev–Trinajstić information content (AvgIpc) is 2.67. The monoisotopic (exact) mass is 348 g/mol. The predicted molar refractivity (Wildman–Crippen MR) is 108 cm³/mol. The lowest BCUT2D eigenvalue weighted by molar-refractivity contribution is 0.240. The summed E-state index contributed by atoms with van der Waals surface area (Å²) in [7, 11) is 0. The molecule has 0 bridgehead atoms. The van der Waals surface area contributed by atoms with Gasteiger partial charge < -0.3 is 10.6 Å². The fraction of sp³-hybridized carbons (Fsp3) is 0.348. The molecule has 26 heavy (non-hydrogen) atoms. The van der Waals surface area contributed by atoms with Gasteiger partial charge in [-0.05, 0) is 72.9 Å². The van der Waals surface area contributed by atoms with Gasteiger partial charge in [0.1, 0.15) is 0 Å². The summed E-state index contributed by atoms with van der Waals surface area (Å²) in [6.07, 6.45) is 9.40. The quantitative estimate of drug-likeness (QED) is 0.757. The van der Waals surface area contributed by atoms with E-state index in [0.717, 1.165) is 18.4 Å². The van der Waals surface area contributed by atoms with Crippen molar-refractivity contribution in [2.45, 2.75) is 52.0 Å². The molecule has 2 aromatic rings. The van der Waals surface area contributed by atoms with Gasteiger partial charge in [0.25, 0.3) is 0 Å². The van der Waals surface area contributed by atoms with Gasteiger partial charge in [-0.3, -0.25) is 0 Å². The molecule has 0 spiro atoms. The van der Waals surface area contributed by atoms with Gasteiger partial charge in [0.05, 0.1) is 6.04 Å². The van der Waals surface area contributed by atoms with Crippen molar-refractivity contribution in [3.05, 3.63) is 76.5 Å². The zero-order chi connectivity index (χ0) is 18.4. The number of nitrogens with one attached hydrogen (secondary N) is 2. The molecule has 0 aromatic heterocycles. The second-order valence-electron chi connectivity index (χ2n) is 7.00. The van der Waals surface area contributed by atoms with Crippen LogP contribution in [0.5, 0.6) is 0 Å². The highest BCUT2D eigenvalue weighted by molar-refractivity contribution is 5.76. The first-order valence-electron chi connectivity index (χ1n) is 9.58. The topological polar surface area (TPSA) is 41.1 Å². The van der Waals surface area contributed by atoms with Crippen LogP contribution >= 0.6 is 0 Å². The highest BCUT2D eigenvalue weighted by Gasteiger charge is 2.15. The number of fused-ring (bicyclic) bond motifs is 1. The Balaban J connectivity index is 1.61. The van der Waals surface area contributed by atoms with E-state index >= 15 is 0 Å². The first-order valence-corrected chi connectivity index (χ1v) is 9.58. The summed E-state index contributed by atoms with van der Waals surface area (Å²) >= 11 is 0. The number of aryl methyl sites for hydroxylation is 3. The van der Waals surface area contributed by atoms with E-state index in [2.05, 4.69) is 48.7 Å². The van der Waals surface area contributed by atoms with Gasteiger partial charge >= 0.3 is 6.03 Å². The highest BCUT2D eigenvalue weighted by Crippen LogP contribution is 2.26. The molecule has 0 heterocycles. The van der Waals surface area contributed by atoms with Gasteiger partial charge in [0.15, 0.2) is 0 Å². The predicted octanol–water partition coefficient (Wildman–Crippen LogP) is 5.30. The molecule has 1 unspecified atom stereocenters. The Morgan fingerprint density at radius 3 is 2.65 bits per heavy atom. The number of rotatable bonds is 5. The molecule has 3 heteroatoms. The summed E-state index contributed by atoms with van der Waals surface area (Å²) in [5, 5.41) is 5.91. The number of hydrogen-bond acceptors (Lipinski definition) is 1. The third-order valence-electron chi connectivity index (χ3n) is 5.15. The van der Waals surface area contributed by atoms with Crippen LogP contribution in [0, 0.1) is 6.92 Å². The fourth-order valence-electron chi connectivity index (χ4n) is 3.57. The summed E-state index contributed by atoms with van der Waals surface area (Å²) in [6, 6.07) is 14.7. The summed E-state index contributed by atoms with van der Waals surface area (Å²) in [5.74, 6) is 0. The first kappa shape index (κ1) is 18.2. The molecule has 3 rings (SSSR count). The van der Waals surface area contributed by atoms with E-state index in [1.165, 1.54) is 41.5 Å². The largest absolute Gasteiger partial charge is 0.331 e. The Kier molecular flexibility index (Phi) is 6.11. The molecular weight excluding hydrogens is 320 g/mol. The number of carbonyl (C=O) groups is 1. The zero-order valence-electron chi connectivity index (χ0n) is 15.7. The minimum atomic E-state index is -0.167. The molecular formula is C23H28N2O. The van der Waals surface area contributed by atoms with Gasteiger partial charge in [-0.2, -0.15) is 0 Å². The SMILES string of the molecule is CCC(NC(=O)N/C=C/c1ccccc1C)c1ccc2c(c1)CCCC2. The van der Waals surface area contributed by atoms with Crippen LogP contribution in [0.15, 0.2) is 48.7 Å². The van der Waals surface area contributed by atoms with E-state index in [1.807, 2.05) is 24.3 Å². The Morgan fingerprint density at radius 2 is 1.88 bits per heavy atom. The lowest BCUT2D eigenvalue weighted by Crippen LogP contribution is -2.35. The van der Waals surface area contributed by atoms with E-state index in [-0.39, 0.29) is 12.1 Å². The summed E-state index contributed by atoms with van der Waals surface area (Å²) in [5.41, 5.74) is 6.42. The summed E-state index contributed by atoms with van der Waals surface area (Å²) in [4.78, 5) is 12.3. The van der Waals surface area contributed by atoms with E-state index in [0.29, 0.717) is 0 Å². The minimum absolute atomic E-state index is 0.0362. The molecule has 0 fully saturated rings. The van der Waals surface area contributed by atoms with E-state index in [4.69, 9.17) is 0 Å². The molecule has 1 atom stereocenters. The van der Waals surface area contributed by atoms with E-state index in [9.17, 15) is 4.79 Å². The van der Waals surface area contributed by atoms with E-state index < -0.39 is 0 Å². The first-order chi connectivity index (χ1) is 12.7. The Morgan fingerprint density at radius 1 is 1.12 bits per heavy atom. The van der Waals surface area contributed by atoms with Crippen LogP contribution in [0.3, 0.4) is 0 Å². The molecule has 0 saturated heterocycles. The fourth-order valence-corrected chi connectivity index (χ4v) is 3.57. The van der Waals surface area contributed by atoms with E-state index in [1.54, 1.807) is 6.20 Å². The maximum Gasteiger partial charge on any atom is 0.319 e. The van der Waals surface area contributed by atoms with Crippen molar-refractivity contribution in [2.75, 3.05) is 0 Å². The molecule has 3 nitrogen and oxygen atoms in total. The Bertz CT molecular complexity index is 795. The van der Waals surface area contributed by atoms with Crippen molar-refractivity contribution in [3.8, 4) is 0 Å². The van der Waals surface area contributed by atoms with Crippen LogP contribution in [0.1, 0.15) is 60.0 Å². The molecule has 2 N–H and O–H groups in total. The second kappa shape index (κ2) is 8.70. The normalized spacial score (nSPS) is 14.7. The van der Waals surface area contributed by atoms with Crippen molar-refractivity contribution < 1.29 is 4.79 Å². The third kappa shape index (κ3) is 4.54. The van der Waals surface area contributed by atoms with Gasteiger partial charge in [-0.25, -0.2) is 4.79 Å². The van der Waals surface area contributed by atoms with Crippen LogP contribution in [0.25, 0.3) is 6.08 Å². The maximum atomic E-state index is 12.3. The molecule has 1 aliphatic rings. The zero-order valence-corrected chi connectivity index (χ0v) is 15.7. The summed E-state index contributed by atoms with van der Waals surface area (Å²) < 4.78 is 0. The average molecular weight is 348 g/mol. The van der Waals surface area contributed by atoms with Crippen molar-refractivity contribution in [1.82, 2.24) is 10.6 Å². The van der Waals surface area contributed by atoms with Crippen LogP contribution in [-0.4, -0.2) is 6.03 Å². The number of hydrogen-bond donors (Lipinski definition) is 2. The summed E-state index contributed by atoms with van der Waals surface area (Å²) in [6.45, 7) is 4.16. The smallest absolute Gasteiger partial charge is 0.319 e. The lowest BCUT2D eigenvalue weighted by Gasteiger charge is -2.21. The van der Waals surface area contributed by atoms with Crippen LogP contribution in [-0.2, 0) is 12.8 Å². The molecule has 1 aliphatic carbocycles. The molecule has 2 amide bonds. The van der Waals surface area contributed by atoms with Crippen molar-refractivity contribution >= 4 is 12.1 Å². The highest BCUT2D eigenvalue weighted by atomic mass is 16.2. The van der Waals surface area contributed by atoms with Crippen molar-refractivity contribution in [3.63, 3.8) is 0 Å². The number of amides is 2. The number of benzene rings is 2. The maximum absolute atomic E-state index is 12.3. The lowest BCUT2D eigenvalue weighted by atomic mass is 9.89. The molecule has 136 valence electrons. The van der Waals surface area contributed by atoms with Crippen LogP contribution < -0.4 is 10.6 Å². The molecule has 0 saturated carbocycles. The van der Waals surface area contributed by atoms with Gasteiger partial charge in [0.2, 0.25) is 0 Å². The van der Waals surface area contributed by atoms with Gasteiger partial charge in [-0.1, -0.05) is 49.4 Å². The third-order valence-corrected chi connectivity index (χ3v) is 5.15. The van der Waals surface area contributed by atoms with Gasteiger partial charge in [-0.15, -0.1) is 0 Å². The van der Waals surface area contributed by atoms with Crippen molar-refractivity contribution in [2.24, 2.45) is 0 Å². The second-order valence-corrected chi connectivity index (χ2v) is 7.00. The number of urea groups is 1. The molecule has 2 aromatic carbocycles. The van der Waals surface area contributed by atoms with Crippen molar-refractivity contribution in [1.29, 1.82) is 0 Å². The van der Waals surface area contributed by atoms with Crippen LogP contribution in [0.2, 0.25) is 0 Å². The standard InChI is InChI=1S/C23H28N2O/c1-3-22(21-13-12-19-10-6-7-11-20(19)16-21)25-23(26)24-15-14-18-9-5-4-8-17(18)2/h4-5,8-9,12-16,22H,3,6-7,10-11H2,1-2H3,(H2,24,25,26)/b15-14+. The minimum Gasteiger partial charge on any atom is -0.331 e. The van der Waals surface area contributed by atoms with Gasteiger partial charge in [0, 0.05) is 6.20 Å². The Labute approximate surface area is 156 Å².